The molecule has 0 heterocycles. The molecule has 1 aromatic carbocycles. The van der Waals surface area contributed by atoms with Crippen LogP contribution in [0.25, 0.3) is 0 Å². The molecule has 0 aliphatic rings. The monoisotopic (exact) mass is 259 g/mol. The van der Waals surface area contributed by atoms with Crippen LogP contribution in [0.3, 0.4) is 0 Å². The summed E-state index contributed by atoms with van der Waals surface area (Å²) in [6.45, 7) is 0.651. The summed E-state index contributed by atoms with van der Waals surface area (Å²) in [5.41, 5.74) is 5.84. The summed E-state index contributed by atoms with van der Waals surface area (Å²) in [6.07, 6.45) is 0.535. The van der Waals surface area contributed by atoms with Crippen molar-refractivity contribution in [2.24, 2.45) is 10.9 Å². The summed E-state index contributed by atoms with van der Waals surface area (Å²) in [5.74, 6) is 0.573. The molecule has 4 N–H and O–H groups in total. The molecule has 0 unspecified atom stereocenters. The Kier molecular flexibility index (Phi) is 4.73. The summed E-state index contributed by atoms with van der Waals surface area (Å²) >= 11 is 0. The van der Waals surface area contributed by atoms with Gasteiger partial charge < -0.3 is 10.5 Å². The standard InChI is InChI=1S/C10H17N3O3S/c1-16-10-5-2-4-9(8-10)13(7-3-6-11)17(12,14)15/h2,4-5,8H,3,6-7,11H2,1H3,(H2,12,14,15). The fourth-order valence-corrected chi connectivity index (χ4v) is 2.19. The number of rotatable bonds is 6. The Morgan fingerprint density at radius 3 is 2.65 bits per heavy atom. The van der Waals surface area contributed by atoms with Crippen LogP contribution in [0.2, 0.25) is 0 Å². The van der Waals surface area contributed by atoms with Crippen molar-refractivity contribution in [2.45, 2.75) is 6.42 Å². The van der Waals surface area contributed by atoms with Crippen LogP contribution in [0.15, 0.2) is 24.3 Å². The summed E-state index contributed by atoms with van der Waals surface area (Å²) in [5, 5.41) is 5.16. The molecule has 0 atom stereocenters. The number of hydrogen-bond donors (Lipinski definition) is 2. The number of nitrogens with two attached hydrogens (primary N) is 2. The lowest BCUT2D eigenvalue weighted by Crippen LogP contribution is -2.38. The average Bonchev–Trinajstić information content (AvgIpc) is 2.28. The van der Waals surface area contributed by atoms with Crippen LogP contribution in [0, 0.1) is 0 Å². The lowest BCUT2D eigenvalue weighted by Gasteiger charge is -2.21. The molecule has 7 heteroatoms. The first kappa shape index (κ1) is 13.8. The Hall–Kier alpha value is -1.31. The molecule has 0 aliphatic carbocycles. The normalized spacial score (nSPS) is 11.2. The van der Waals surface area contributed by atoms with Crippen molar-refractivity contribution in [1.82, 2.24) is 0 Å². The van der Waals surface area contributed by atoms with Gasteiger partial charge in [-0.3, -0.25) is 4.31 Å². The Morgan fingerprint density at radius 2 is 2.12 bits per heavy atom. The Bertz CT molecular complexity index is 462. The minimum Gasteiger partial charge on any atom is -0.497 e. The van der Waals surface area contributed by atoms with Crippen LogP contribution in [0.4, 0.5) is 5.69 Å². The summed E-state index contributed by atoms with van der Waals surface area (Å²) in [7, 11) is -2.28. The number of hydrogen-bond acceptors (Lipinski definition) is 4. The highest BCUT2D eigenvalue weighted by atomic mass is 32.2. The van der Waals surface area contributed by atoms with Gasteiger partial charge in [0.2, 0.25) is 0 Å². The van der Waals surface area contributed by atoms with E-state index in [-0.39, 0.29) is 6.54 Å². The van der Waals surface area contributed by atoms with Crippen LogP contribution in [0.1, 0.15) is 6.42 Å². The second-order valence-electron chi connectivity index (χ2n) is 3.46. The zero-order chi connectivity index (χ0) is 12.9. The van der Waals surface area contributed by atoms with E-state index >= 15 is 0 Å². The highest BCUT2D eigenvalue weighted by Crippen LogP contribution is 2.22. The molecule has 6 nitrogen and oxygen atoms in total. The molecule has 0 spiro atoms. The Balaban J connectivity index is 3.04. The molecule has 0 amide bonds. The van der Waals surface area contributed by atoms with E-state index in [1.165, 1.54) is 7.11 Å². The first-order chi connectivity index (χ1) is 7.99. The molecule has 1 rings (SSSR count). The van der Waals surface area contributed by atoms with Crippen LogP contribution in [-0.2, 0) is 10.2 Å². The molecule has 0 aliphatic heterocycles. The van der Waals surface area contributed by atoms with Crippen molar-refractivity contribution in [3.63, 3.8) is 0 Å². The smallest absolute Gasteiger partial charge is 0.298 e. The van der Waals surface area contributed by atoms with Gasteiger partial charge in [0.15, 0.2) is 0 Å². The van der Waals surface area contributed by atoms with Crippen molar-refractivity contribution < 1.29 is 13.2 Å². The fourth-order valence-electron chi connectivity index (χ4n) is 1.40. The predicted octanol–water partition coefficient (Wildman–Crippen LogP) is 0.0539. The van der Waals surface area contributed by atoms with Crippen molar-refractivity contribution in [3.05, 3.63) is 24.3 Å². The van der Waals surface area contributed by atoms with Gasteiger partial charge in [-0.05, 0) is 25.1 Å². The molecule has 0 saturated heterocycles. The van der Waals surface area contributed by atoms with Gasteiger partial charge in [0.1, 0.15) is 5.75 Å². The lowest BCUT2D eigenvalue weighted by molar-refractivity contribution is 0.415. The number of anilines is 1. The zero-order valence-corrected chi connectivity index (χ0v) is 10.5. The second-order valence-corrected chi connectivity index (χ2v) is 4.93. The van der Waals surface area contributed by atoms with E-state index in [0.29, 0.717) is 24.4 Å². The topological polar surface area (TPSA) is 98.7 Å². The minimum atomic E-state index is -3.79. The minimum absolute atomic E-state index is 0.252. The van der Waals surface area contributed by atoms with E-state index in [0.717, 1.165) is 4.31 Å². The summed E-state index contributed by atoms with van der Waals surface area (Å²) in [6, 6.07) is 6.70. The molecule has 0 aromatic heterocycles. The average molecular weight is 259 g/mol. The third-order valence-corrected chi connectivity index (χ3v) is 3.22. The molecule has 0 radical (unpaired) electrons. The van der Waals surface area contributed by atoms with E-state index in [4.69, 9.17) is 15.6 Å². The lowest BCUT2D eigenvalue weighted by atomic mass is 10.3. The van der Waals surface area contributed by atoms with Gasteiger partial charge in [0.05, 0.1) is 12.8 Å². The summed E-state index contributed by atoms with van der Waals surface area (Å²) in [4.78, 5) is 0. The second kappa shape index (κ2) is 5.85. The van der Waals surface area contributed by atoms with Crippen LogP contribution in [-0.4, -0.2) is 28.6 Å². The fraction of sp³-hybridized carbons (Fsp3) is 0.400. The molecule has 17 heavy (non-hydrogen) atoms. The molecular formula is C10H17N3O3S. The molecular weight excluding hydrogens is 242 g/mol. The Labute approximate surface area is 101 Å². The maximum Gasteiger partial charge on any atom is 0.298 e. The molecule has 96 valence electrons. The van der Waals surface area contributed by atoms with E-state index in [1.54, 1.807) is 24.3 Å². The quantitative estimate of drug-likeness (QED) is 0.754. The summed E-state index contributed by atoms with van der Waals surface area (Å²) < 4.78 is 29.1. The van der Waals surface area contributed by atoms with Crippen LogP contribution >= 0.6 is 0 Å². The number of nitrogens with zero attached hydrogens (tertiary/aromatic N) is 1. The van der Waals surface area contributed by atoms with Gasteiger partial charge in [0, 0.05) is 12.6 Å². The first-order valence-electron chi connectivity index (χ1n) is 5.13. The van der Waals surface area contributed by atoms with E-state index in [9.17, 15) is 8.42 Å². The third kappa shape index (κ3) is 3.88. The van der Waals surface area contributed by atoms with Crippen LogP contribution in [0.5, 0.6) is 5.75 Å². The zero-order valence-electron chi connectivity index (χ0n) is 9.67. The highest BCUT2D eigenvalue weighted by molar-refractivity contribution is 7.90. The van der Waals surface area contributed by atoms with Crippen molar-refractivity contribution in [2.75, 3.05) is 24.5 Å². The van der Waals surface area contributed by atoms with Gasteiger partial charge in [-0.2, -0.15) is 8.42 Å². The number of methoxy groups -OCH3 is 1. The first-order valence-corrected chi connectivity index (χ1v) is 6.64. The molecule has 0 fully saturated rings. The van der Waals surface area contributed by atoms with Crippen molar-refractivity contribution in [3.8, 4) is 5.75 Å². The van der Waals surface area contributed by atoms with Crippen LogP contribution < -0.4 is 19.9 Å². The SMILES string of the molecule is COc1cccc(N(CCCN)S(N)(=O)=O)c1. The molecule has 1 aromatic rings. The van der Waals surface area contributed by atoms with E-state index in [2.05, 4.69) is 0 Å². The molecule has 0 saturated carbocycles. The number of benzene rings is 1. The maximum atomic E-state index is 11.5. The highest BCUT2D eigenvalue weighted by Gasteiger charge is 2.17. The van der Waals surface area contributed by atoms with Gasteiger partial charge in [-0.15, -0.1) is 0 Å². The largest absolute Gasteiger partial charge is 0.497 e. The Morgan fingerprint density at radius 1 is 1.41 bits per heavy atom. The van der Waals surface area contributed by atoms with Gasteiger partial charge in [0.25, 0.3) is 10.2 Å². The van der Waals surface area contributed by atoms with Crippen molar-refractivity contribution >= 4 is 15.9 Å². The number of ether oxygens (including phenoxy) is 1. The maximum absolute atomic E-state index is 11.5. The van der Waals surface area contributed by atoms with E-state index in [1.807, 2.05) is 0 Å². The predicted molar refractivity (Wildman–Crippen MR) is 67.1 cm³/mol. The third-order valence-electron chi connectivity index (χ3n) is 2.21. The molecule has 0 bridgehead atoms. The van der Waals surface area contributed by atoms with Gasteiger partial charge in [-0.25, -0.2) is 5.14 Å². The van der Waals surface area contributed by atoms with Gasteiger partial charge >= 0.3 is 0 Å². The van der Waals surface area contributed by atoms with Crippen molar-refractivity contribution in [1.29, 1.82) is 0 Å². The van der Waals surface area contributed by atoms with E-state index < -0.39 is 10.2 Å². The van der Waals surface area contributed by atoms with Gasteiger partial charge in [-0.1, -0.05) is 6.07 Å².